The first-order valence-electron chi connectivity index (χ1n) is 9.94. The smallest absolute Gasteiger partial charge is 0.352 e. The molecule has 0 bridgehead atoms. The minimum absolute atomic E-state index is 0.0121. The molecule has 17 heteroatoms. The summed E-state index contributed by atoms with van der Waals surface area (Å²) in [5, 5.41) is 23.7. The summed E-state index contributed by atoms with van der Waals surface area (Å²) in [6.45, 7) is 0. The first kappa shape index (κ1) is 25.1. The van der Waals surface area contributed by atoms with Crippen LogP contribution >= 0.6 is 23.5 Å². The second kappa shape index (κ2) is 9.94. The van der Waals surface area contributed by atoms with Gasteiger partial charge in [0.2, 0.25) is 11.1 Å². The van der Waals surface area contributed by atoms with E-state index in [4.69, 9.17) is 5.73 Å². The summed E-state index contributed by atoms with van der Waals surface area (Å²) >= 11 is 1.92. The first-order chi connectivity index (χ1) is 16.6. The maximum Gasteiger partial charge on any atom is 0.352 e. The topological polar surface area (TPSA) is 222 Å². The van der Waals surface area contributed by atoms with E-state index in [9.17, 15) is 32.5 Å². The molecule has 0 spiro atoms. The maximum atomic E-state index is 12.9. The standard InChI is InChI=1S/C18H19N7O7S3/c19-11(8-4-2-1-3-5-8)14(26)20-12-15(27)25-13(17(28)29)9(6-33-16(12)25)10(7-35(30,31)32)34-18-21-23-24-22-18/h1-5,10-12,16H,6-7,19H2,(H,20,26)(H,28,29)(H,30,31,32)(H,21,22,23,24)/t10?,11?,12?,16-/m0/s1. The van der Waals surface area contributed by atoms with Crippen LogP contribution in [0.4, 0.5) is 0 Å². The van der Waals surface area contributed by atoms with E-state index >= 15 is 0 Å². The second-order valence-corrected chi connectivity index (χ2v) is 11.3. The van der Waals surface area contributed by atoms with Crippen molar-refractivity contribution in [3.05, 3.63) is 47.2 Å². The monoisotopic (exact) mass is 541 g/mol. The summed E-state index contributed by atoms with van der Waals surface area (Å²) in [7, 11) is -4.53. The number of hydrogen-bond acceptors (Lipinski definition) is 11. The quantitative estimate of drug-likeness (QED) is 0.146. The van der Waals surface area contributed by atoms with Crippen LogP contribution in [0.2, 0.25) is 0 Å². The number of aromatic nitrogens is 4. The third kappa shape index (κ3) is 5.32. The third-order valence-corrected chi connectivity index (χ3v) is 8.65. The fraction of sp³-hybridized carbons (Fsp3) is 0.333. The lowest BCUT2D eigenvalue weighted by atomic mass is 10.0. The molecule has 2 aromatic rings. The number of benzene rings is 1. The number of carbonyl (C=O) groups excluding carboxylic acids is 2. The van der Waals surface area contributed by atoms with Crippen LogP contribution in [0.1, 0.15) is 11.6 Å². The number of rotatable bonds is 9. The van der Waals surface area contributed by atoms with Crippen molar-refractivity contribution in [2.24, 2.45) is 5.73 Å². The van der Waals surface area contributed by atoms with Gasteiger partial charge in [-0.2, -0.15) is 13.6 Å². The molecule has 2 amide bonds. The molecule has 2 aliphatic rings. The lowest BCUT2D eigenvalue weighted by Crippen LogP contribution is -2.71. The van der Waals surface area contributed by atoms with Crippen LogP contribution in [-0.4, -0.2) is 89.6 Å². The summed E-state index contributed by atoms with van der Waals surface area (Å²) in [6.07, 6.45) is 0. The van der Waals surface area contributed by atoms with Gasteiger partial charge in [-0.15, -0.1) is 22.0 Å². The molecule has 6 N–H and O–H groups in total. The SMILES string of the molecule is NC(C(=O)NC1C(=O)N2C(C(=O)O)=C(C(CS(=O)(=O)O)Sc3nn[nH]n3)CS[C@@H]12)c1ccccc1. The predicted octanol–water partition coefficient (Wildman–Crippen LogP) is -1.01. The highest BCUT2D eigenvalue weighted by molar-refractivity contribution is 8.01. The summed E-state index contributed by atoms with van der Waals surface area (Å²) in [6, 6.07) is 6.51. The van der Waals surface area contributed by atoms with Crippen LogP contribution in [-0.2, 0) is 24.5 Å². The molecule has 4 atom stereocenters. The Morgan fingerprint density at radius 2 is 2.06 bits per heavy atom. The Morgan fingerprint density at radius 3 is 2.66 bits per heavy atom. The van der Waals surface area contributed by atoms with Gasteiger partial charge in [0.1, 0.15) is 23.2 Å². The number of aromatic amines is 1. The van der Waals surface area contributed by atoms with Crippen molar-refractivity contribution in [2.75, 3.05) is 11.5 Å². The molecular formula is C18H19N7O7S3. The van der Waals surface area contributed by atoms with Gasteiger partial charge in [0, 0.05) is 5.75 Å². The molecule has 186 valence electrons. The highest BCUT2D eigenvalue weighted by Crippen LogP contribution is 2.43. The third-order valence-electron chi connectivity index (χ3n) is 5.26. The Hall–Kier alpha value is -2.99. The summed E-state index contributed by atoms with van der Waals surface area (Å²) in [4.78, 5) is 38.7. The normalized spacial score (nSPS) is 21.7. The fourth-order valence-corrected chi connectivity index (χ4v) is 7.35. The number of hydrogen-bond donors (Lipinski definition) is 5. The van der Waals surface area contributed by atoms with Crippen LogP contribution in [0.25, 0.3) is 0 Å². The molecular weight excluding hydrogens is 522 g/mol. The highest BCUT2D eigenvalue weighted by atomic mass is 32.2. The first-order valence-corrected chi connectivity index (χ1v) is 13.5. The van der Waals surface area contributed by atoms with E-state index in [0.717, 1.165) is 28.4 Å². The zero-order valence-corrected chi connectivity index (χ0v) is 20.1. The molecule has 3 unspecified atom stereocenters. The molecule has 3 heterocycles. The Bertz CT molecular complexity index is 1270. The Labute approximate surface area is 206 Å². The lowest BCUT2D eigenvalue weighted by molar-refractivity contribution is -0.150. The number of nitrogens with zero attached hydrogens (tertiary/aromatic N) is 4. The molecule has 1 fully saturated rings. The molecule has 2 aliphatic heterocycles. The van der Waals surface area contributed by atoms with E-state index in [2.05, 4.69) is 25.9 Å². The number of thioether (sulfide) groups is 2. The Morgan fingerprint density at radius 1 is 1.34 bits per heavy atom. The molecule has 14 nitrogen and oxygen atoms in total. The van der Waals surface area contributed by atoms with E-state index in [1.807, 2.05) is 0 Å². The second-order valence-electron chi connectivity index (χ2n) is 7.51. The van der Waals surface area contributed by atoms with Gasteiger partial charge >= 0.3 is 5.97 Å². The van der Waals surface area contributed by atoms with Crippen LogP contribution in [0.3, 0.4) is 0 Å². The fourth-order valence-electron chi connectivity index (χ4n) is 3.67. The molecule has 4 rings (SSSR count). The molecule has 1 aromatic carbocycles. The van der Waals surface area contributed by atoms with Gasteiger partial charge in [-0.3, -0.25) is 19.0 Å². The van der Waals surface area contributed by atoms with Crippen LogP contribution in [0.15, 0.2) is 46.8 Å². The highest BCUT2D eigenvalue weighted by Gasteiger charge is 2.55. The van der Waals surface area contributed by atoms with Gasteiger partial charge in [-0.1, -0.05) is 42.1 Å². The van der Waals surface area contributed by atoms with E-state index in [1.165, 1.54) is 0 Å². The lowest BCUT2D eigenvalue weighted by Gasteiger charge is -2.50. The number of tetrazole rings is 1. The Balaban J connectivity index is 1.58. The van der Waals surface area contributed by atoms with E-state index in [1.54, 1.807) is 30.3 Å². The average molecular weight is 542 g/mol. The number of nitrogens with two attached hydrogens (primary N) is 1. The van der Waals surface area contributed by atoms with E-state index in [-0.39, 0.29) is 16.5 Å². The van der Waals surface area contributed by atoms with Gasteiger partial charge < -0.3 is 16.2 Å². The maximum absolute atomic E-state index is 12.9. The number of aliphatic carboxylic acids is 1. The van der Waals surface area contributed by atoms with Crippen molar-refractivity contribution in [3.8, 4) is 0 Å². The molecule has 1 saturated heterocycles. The van der Waals surface area contributed by atoms with Gasteiger partial charge in [-0.05, 0) is 16.3 Å². The van der Waals surface area contributed by atoms with Gasteiger partial charge in [0.15, 0.2) is 0 Å². The van der Waals surface area contributed by atoms with E-state index < -0.39 is 62.1 Å². The summed E-state index contributed by atoms with van der Waals surface area (Å²) < 4.78 is 32.7. The van der Waals surface area contributed by atoms with Crippen molar-refractivity contribution in [1.29, 1.82) is 0 Å². The minimum Gasteiger partial charge on any atom is -0.477 e. The summed E-state index contributed by atoms with van der Waals surface area (Å²) in [5.41, 5.74) is 6.21. The Kier molecular flexibility index (Phi) is 7.13. The number of H-pyrrole nitrogens is 1. The van der Waals surface area contributed by atoms with Crippen molar-refractivity contribution in [1.82, 2.24) is 30.8 Å². The van der Waals surface area contributed by atoms with Crippen LogP contribution in [0, 0.1) is 0 Å². The molecule has 0 radical (unpaired) electrons. The van der Waals surface area contributed by atoms with Crippen LogP contribution in [0.5, 0.6) is 0 Å². The van der Waals surface area contributed by atoms with E-state index in [0.29, 0.717) is 5.56 Å². The molecule has 0 aliphatic carbocycles. The zero-order valence-electron chi connectivity index (χ0n) is 17.6. The van der Waals surface area contributed by atoms with Gasteiger partial charge in [0.25, 0.3) is 16.0 Å². The molecule has 1 aromatic heterocycles. The van der Waals surface area contributed by atoms with Crippen LogP contribution < -0.4 is 11.1 Å². The number of carbonyl (C=O) groups is 3. The molecule has 35 heavy (non-hydrogen) atoms. The summed E-state index contributed by atoms with van der Waals surface area (Å²) in [5.74, 6) is -3.56. The number of carboxylic acid groups (broad SMARTS) is 1. The number of amides is 2. The van der Waals surface area contributed by atoms with Gasteiger partial charge in [0.05, 0.1) is 11.0 Å². The zero-order chi connectivity index (χ0) is 25.3. The number of carboxylic acids is 1. The molecule has 0 saturated carbocycles. The van der Waals surface area contributed by atoms with Crippen molar-refractivity contribution in [2.45, 2.75) is 27.9 Å². The van der Waals surface area contributed by atoms with Gasteiger partial charge in [-0.25, -0.2) is 4.79 Å². The number of nitrogens with one attached hydrogen (secondary N) is 2. The van der Waals surface area contributed by atoms with Crippen molar-refractivity contribution in [3.63, 3.8) is 0 Å². The van der Waals surface area contributed by atoms with Crippen molar-refractivity contribution >= 4 is 51.4 Å². The largest absolute Gasteiger partial charge is 0.477 e. The number of β-lactam (4-membered cyclic amide) rings is 1. The predicted molar refractivity (Wildman–Crippen MR) is 123 cm³/mol. The number of fused-ring (bicyclic) bond motifs is 1. The average Bonchev–Trinajstić information content (AvgIpc) is 3.33. The minimum atomic E-state index is -4.53. The van der Waals surface area contributed by atoms with Crippen molar-refractivity contribution < 1.29 is 32.5 Å².